The largest absolute Gasteiger partial charge is 0.447 e. The molecular weight excluding hydrogens is 423 g/mol. The number of cyclic esters (lactones) is 1. The van der Waals surface area contributed by atoms with Crippen LogP contribution in [-0.4, -0.2) is 60.7 Å². The van der Waals surface area contributed by atoms with Gasteiger partial charge in [-0.2, -0.15) is 0 Å². The molecule has 2 aliphatic heterocycles. The fourth-order valence-corrected chi connectivity index (χ4v) is 4.31. The first-order valence-corrected chi connectivity index (χ1v) is 10.6. The molecule has 1 aromatic carbocycles. The summed E-state index contributed by atoms with van der Waals surface area (Å²) in [6.07, 6.45) is 1.21. The molecule has 1 aromatic heterocycles. The number of carbonyl (C=O) groups is 2. The summed E-state index contributed by atoms with van der Waals surface area (Å²) in [5, 5.41) is 0.103. The third-order valence-electron chi connectivity index (χ3n) is 5.67. The number of carbonyl (C=O) groups excluding carboxylic acids is 2. The third-order valence-corrected chi connectivity index (χ3v) is 5.98. The van der Waals surface area contributed by atoms with E-state index in [9.17, 15) is 14.0 Å². The van der Waals surface area contributed by atoms with Crippen molar-refractivity contribution in [2.75, 3.05) is 42.6 Å². The maximum atomic E-state index is 14.8. The van der Waals surface area contributed by atoms with Gasteiger partial charge in [-0.25, -0.2) is 14.2 Å². The van der Waals surface area contributed by atoms with Crippen LogP contribution in [-0.2, 0) is 4.74 Å². The molecule has 0 N–H and O–H groups in total. The number of piperazine rings is 1. The molecule has 2 aliphatic rings. The van der Waals surface area contributed by atoms with Crippen LogP contribution >= 0.6 is 11.6 Å². The van der Waals surface area contributed by atoms with Crippen LogP contribution in [0.3, 0.4) is 0 Å². The van der Waals surface area contributed by atoms with E-state index >= 15 is 0 Å². The van der Waals surface area contributed by atoms with E-state index in [4.69, 9.17) is 16.3 Å². The lowest BCUT2D eigenvalue weighted by atomic mass is 10.1. The van der Waals surface area contributed by atoms with Crippen LogP contribution in [0.1, 0.15) is 28.4 Å². The first-order valence-electron chi connectivity index (χ1n) is 10.2. The minimum Gasteiger partial charge on any atom is -0.447 e. The van der Waals surface area contributed by atoms with Crippen molar-refractivity contribution >= 4 is 35.1 Å². The lowest BCUT2D eigenvalue weighted by molar-refractivity contribution is 0.0746. The summed E-state index contributed by atoms with van der Waals surface area (Å²) in [4.78, 5) is 34.5. The number of amides is 2. The van der Waals surface area contributed by atoms with Crippen molar-refractivity contribution in [3.05, 3.63) is 51.9 Å². The normalized spacial score (nSPS) is 19.1. The van der Waals surface area contributed by atoms with Gasteiger partial charge in [0.1, 0.15) is 18.2 Å². The van der Waals surface area contributed by atoms with Crippen LogP contribution in [0.5, 0.6) is 0 Å². The van der Waals surface area contributed by atoms with E-state index in [-0.39, 0.29) is 34.8 Å². The van der Waals surface area contributed by atoms with Gasteiger partial charge in [0, 0.05) is 32.4 Å². The van der Waals surface area contributed by atoms with E-state index in [1.807, 2.05) is 20.0 Å². The highest BCUT2D eigenvalue weighted by Crippen LogP contribution is 2.32. The molecule has 1 atom stereocenters. The maximum Gasteiger partial charge on any atom is 0.414 e. The summed E-state index contributed by atoms with van der Waals surface area (Å²) in [5.41, 5.74) is 2.30. The summed E-state index contributed by atoms with van der Waals surface area (Å²) in [7, 11) is 0. The van der Waals surface area contributed by atoms with Crippen LogP contribution in [0.4, 0.5) is 20.7 Å². The molecule has 4 rings (SSSR count). The molecule has 9 heteroatoms. The van der Waals surface area contributed by atoms with E-state index in [1.165, 1.54) is 11.0 Å². The van der Waals surface area contributed by atoms with Gasteiger partial charge in [0.05, 0.1) is 22.3 Å². The maximum absolute atomic E-state index is 14.8. The van der Waals surface area contributed by atoms with Gasteiger partial charge in [-0.05, 0) is 44.0 Å². The van der Waals surface area contributed by atoms with Gasteiger partial charge in [0.25, 0.3) is 5.91 Å². The number of hydrogen-bond acceptors (Lipinski definition) is 5. The molecule has 0 bridgehead atoms. The first-order chi connectivity index (χ1) is 14.8. The van der Waals surface area contributed by atoms with Gasteiger partial charge in [0.15, 0.2) is 0 Å². The standard InChI is InChI=1S/C22H24ClFN4O3/c1-13-8-14(2)20(25-11-13)26-4-6-27(7-5-26)21(29)16-9-18(24)19(10-17(16)23)28-15(3)12-31-22(28)30/h8-11,15H,4-7,12H2,1-3H3. The monoisotopic (exact) mass is 446 g/mol. The Bertz CT molecular complexity index is 1040. The van der Waals surface area contributed by atoms with Crippen molar-refractivity contribution in [1.29, 1.82) is 0 Å². The van der Waals surface area contributed by atoms with Gasteiger partial charge in [-0.15, -0.1) is 0 Å². The Balaban J connectivity index is 1.49. The van der Waals surface area contributed by atoms with Crippen molar-refractivity contribution in [3.8, 4) is 0 Å². The van der Waals surface area contributed by atoms with Crippen molar-refractivity contribution in [2.24, 2.45) is 0 Å². The Labute approximate surface area is 185 Å². The Hall–Kier alpha value is -2.87. The molecule has 0 spiro atoms. The highest BCUT2D eigenvalue weighted by atomic mass is 35.5. The number of nitrogens with zero attached hydrogens (tertiary/aromatic N) is 4. The fourth-order valence-electron chi connectivity index (χ4n) is 4.07. The molecular formula is C22H24ClFN4O3. The quantitative estimate of drug-likeness (QED) is 0.717. The molecule has 0 aliphatic carbocycles. The minimum absolute atomic E-state index is 0.0160. The second-order valence-corrected chi connectivity index (χ2v) is 8.42. The predicted octanol–water partition coefficient (Wildman–Crippen LogP) is 3.80. The van der Waals surface area contributed by atoms with Gasteiger partial charge >= 0.3 is 6.09 Å². The van der Waals surface area contributed by atoms with Crippen molar-refractivity contribution in [3.63, 3.8) is 0 Å². The van der Waals surface area contributed by atoms with E-state index in [0.29, 0.717) is 26.2 Å². The van der Waals surface area contributed by atoms with Crippen LogP contribution in [0.15, 0.2) is 24.4 Å². The highest BCUT2D eigenvalue weighted by molar-refractivity contribution is 6.34. The number of benzene rings is 1. The zero-order chi connectivity index (χ0) is 22.3. The summed E-state index contributed by atoms with van der Waals surface area (Å²) < 4.78 is 19.8. The number of pyridine rings is 1. The molecule has 164 valence electrons. The Kier molecular flexibility index (Phi) is 5.75. The Morgan fingerprint density at radius 1 is 1.19 bits per heavy atom. The van der Waals surface area contributed by atoms with Gasteiger partial charge < -0.3 is 14.5 Å². The fraction of sp³-hybridized carbons (Fsp3) is 0.409. The van der Waals surface area contributed by atoms with Gasteiger partial charge in [-0.1, -0.05) is 17.7 Å². The zero-order valence-corrected chi connectivity index (χ0v) is 18.4. The van der Waals surface area contributed by atoms with Crippen molar-refractivity contribution < 1.29 is 18.7 Å². The lowest BCUT2D eigenvalue weighted by Gasteiger charge is -2.36. The average molecular weight is 447 g/mol. The number of ether oxygens (including phenoxy) is 1. The molecule has 2 saturated heterocycles. The van der Waals surface area contributed by atoms with Crippen LogP contribution in [0.2, 0.25) is 5.02 Å². The number of anilines is 2. The van der Waals surface area contributed by atoms with Gasteiger partial charge in [-0.3, -0.25) is 9.69 Å². The molecule has 0 radical (unpaired) electrons. The zero-order valence-electron chi connectivity index (χ0n) is 17.7. The molecule has 1 unspecified atom stereocenters. The smallest absolute Gasteiger partial charge is 0.414 e. The summed E-state index contributed by atoms with van der Waals surface area (Å²) >= 11 is 6.34. The Morgan fingerprint density at radius 3 is 2.52 bits per heavy atom. The average Bonchev–Trinajstić information content (AvgIpc) is 3.07. The summed E-state index contributed by atoms with van der Waals surface area (Å²) in [6.45, 7) is 8.15. The molecule has 3 heterocycles. The summed E-state index contributed by atoms with van der Waals surface area (Å²) in [6, 6.07) is 4.20. The molecule has 0 saturated carbocycles. The number of rotatable bonds is 3. The highest BCUT2D eigenvalue weighted by Gasteiger charge is 2.34. The SMILES string of the molecule is Cc1cnc(N2CCN(C(=O)c3cc(F)c(N4C(=O)OCC4C)cc3Cl)CC2)c(C)c1. The van der Waals surface area contributed by atoms with E-state index < -0.39 is 11.9 Å². The van der Waals surface area contributed by atoms with E-state index in [0.717, 1.165) is 23.0 Å². The second-order valence-electron chi connectivity index (χ2n) is 8.01. The summed E-state index contributed by atoms with van der Waals surface area (Å²) in [5.74, 6) is -0.102. The van der Waals surface area contributed by atoms with Crippen LogP contribution in [0.25, 0.3) is 0 Å². The molecule has 2 fully saturated rings. The van der Waals surface area contributed by atoms with Crippen molar-refractivity contribution in [2.45, 2.75) is 26.8 Å². The predicted molar refractivity (Wildman–Crippen MR) is 117 cm³/mol. The van der Waals surface area contributed by atoms with Crippen molar-refractivity contribution in [1.82, 2.24) is 9.88 Å². The number of aromatic nitrogens is 1. The van der Waals surface area contributed by atoms with E-state index in [2.05, 4.69) is 16.0 Å². The number of halogens is 2. The van der Waals surface area contributed by atoms with E-state index in [1.54, 1.807) is 11.8 Å². The molecule has 31 heavy (non-hydrogen) atoms. The third kappa shape index (κ3) is 4.04. The number of hydrogen-bond donors (Lipinski definition) is 0. The second kappa shape index (κ2) is 8.34. The molecule has 7 nitrogen and oxygen atoms in total. The minimum atomic E-state index is -0.684. The topological polar surface area (TPSA) is 66.0 Å². The lowest BCUT2D eigenvalue weighted by Crippen LogP contribution is -2.49. The van der Waals surface area contributed by atoms with Crippen LogP contribution < -0.4 is 9.80 Å². The molecule has 2 amide bonds. The Morgan fingerprint density at radius 2 is 1.90 bits per heavy atom. The van der Waals surface area contributed by atoms with Crippen LogP contribution in [0, 0.1) is 19.7 Å². The molecule has 2 aromatic rings. The van der Waals surface area contributed by atoms with Gasteiger partial charge in [0.2, 0.25) is 0 Å². The number of aryl methyl sites for hydroxylation is 2. The first kappa shape index (κ1) is 21.4.